The van der Waals surface area contributed by atoms with Crippen molar-refractivity contribution < 1.29 is 13.2 Å². The smallest absolute Gasteiger partial charge is 0.314 e. The minimum Gasteiger partial charge on any atom is -0.314 e. The molecule has 0 N–H and O–H groups in total. The Morgan fingerprint density at radius 2 is 2.05 bits per heavy atom. The van der Waals surface area contributed by atoms with Crippen molar-refractivity contribution in [1.82, 2.24) is 14.8 Å². The lowest BCUT2D eigenvalue weighted by molar-refractivity contribution is -0.183. The second-order valence-electron chi connectivity index (χ2n) is 5.36. The average molecular weight is 354 g/mol. The van der Waals surface area contributed by atoms with Gasteiger partial charge in [-0.3, -0.25) is 0 Å². The molecule has 0 spiro atoms. The van der Waals surface area contributed by atoms with Crippen molar-refractivity contribution >= 4 is 15.9 Å². The Kier molecular flexibility index (Phi) is 5.09. The molecule has 1 fully saturated rings. The zero-order valence-electron chi connectivity index (χ0n) is 11.5. The Balaban J connectivity index is 2.20. The summed E-state index contributed by atoms with van der Waals surface area (Å²) in [6.07, 6.45) is -1.40. The summed E-state index contributed by atoms with van der Waals surface area (Å²) >= 11 is 3.36. The van der Waals surface area contributed by atoms with Crippen molar-refractivity contribution in [3.8, 4) is 0 Å². The van der Waals surface area contributed by atoms with Gasteiger partial charge in [0.1, 0.15) is 11.6 Å². The molecule has 0 amide bonds. The molecule has 1 aromatic heterocycles. The Morgan fingerprint density at radius 1 is 1.30 bits per heavy atom. The van der Waals surface area contributed by atoms with E-state index in [2.05, 4.69) is 26.1 Å². The van der Waals surface area contributed by atoms with Gasteiger partial charge >= 0.3 is 6.18 Å². The van der Waals surface area contributed by atoms with E-state index >= 15 is 0 Å². The molecule has 0 aliphatic heterocycles. The van der Waals surface area contributed by atoms with Crippen LogP contribution in [0.15, 0.2) is 0 Å². The highest BCUT2D eigenvalue weighted by atomic mass is 79.9. The third-order valence-corrected chi connectivity index (χ3v) is 4.43. The van der Waals surface area contributed by atoms with Crippen molar-refractivity contribution in [1.29, 1.82) is 0 Å². The molecule has 2 rings (SSSR count). The molecule has 1 saturated carbocycles. The molecule has 0 aromatic carbocycles. The quantitative estimate of drug-likeness (QED) is 0.750. The van der Waals surface area contributed by atoms with Gasteiger partial charge in [0.05, 0.1) is 11.2 Å². The molecular formula is C13H19BrF3N3. The molecule has 1 aliphatic carbocycles. The topological polar surface area (TPSA) is 30.7 Å². The normalized spacial score (nSPS) is 24.1. The number of alkyl halides is 4. The van der Waals surface area contributed by atoms with E-state index in [4.69, 9.17) is 0 Å². The third-order valence-electron chi connectivity index (χ3n) is 3.93. The van der Waals surface area contributed by atoms with Gasteiger partial charge in [-0.15, -0.1) is 10.2 Å². The molecule has 0 saturated heterocycles. The minimum atomic E-state index is -4.09. The number of hydrogen-bond donors (Lipinski definition) is 0. The van der Waals surface area contributed by atoms with E-state index in [1.807, 2.05) is 11.5 Å². The van der Waals surface area contributed by atoms with Gasteiger partial charge in [0.15, 0.2) is 0 Å². The zero-order valence-corrected chi connectivity index (χ0v) is 13.0. The molecule has 0 bridgehead atoms. The minimum absolute atomic E-state index is 0.123. The number of rotatable bonds is 4. The van der Waals surface area contributed by atoms with E-state index < -0.39 is 12.1 Å². The second kappa shape index (κ2) is 6.45. The molecule has 20 heavy (non-hydrogen) atoms. The zero-order chi connectivity index (χ0) is 14.8. The summed E-state index contributed by atoms with van der Waals surface area (Å²) in [5.74, 6) is 0.217. The summed E-state index contributed by atoms with van der Waals surface area (Å²) in [6, 6.07) is 0. The Hall–Kier alpha value is -0.590. The van der Waals surface area contributed by atoms with Crippen LogP contribution in [0.2, 0.25) is 0 Å². The lowest BCUT2D eigenvalue weighted by Crippen LogP contribution is -2.29. The molecule has 1 heterocycles. The molecule has 2 unspecified atom stereocenters. The maximum Gasteiger partial charge on any atom is 0.391 e. The van der Waals surface area contributed by atoms with Crippen LogP contribution in [-0.2, 0) is 11.9 Å². The average Bonchev–Trinajstić information content (AvgIpc) is 2.81. The molecule has 7 heteroatoms. The molecule has 1 aliphatic rings. The monoisotopic (exact) mass is 353 g/mol. The summed E-state index contributed by atoms with van der Waals surface area (Å²) in [7, 11) is 0. The Labute approximate surface area is 125 Å². The van der Waals surface area contributed by atoms with Crippen LogP contribution in [0.25, 0.3) is 0 Å². The van der Waals surface area contributed by atoms with Crippen molar-refractivity contribution in [2.75, 3.05) is 0 Å². The summed E-state index contributed by atoms with van der Waals surface area (Å²) < 4.78 is 40.7. The highest BCUT2D eigenvalue weighted by Crippen LogP contribution is 2.43. The van der Waals surface area contributed by atoms with Crippen LogP contribution < -0.4 is 0 Å². The first kappa shape index (κ1) is 15.8. The predicted octanol–water partition coefficient (Wildman–Crippen LogP) is 4.42. The maximum absolute atomic E-state index is 12.9. The molecule has 114 valence electrons. The molecule has 2 atom stereocenters. The van der Waals surface area contributed by atoms with Crippen LogP contribution in [0.1, 0.15) is 56.6 Å². The van der Waals surface area contributed by atoms with Crippen LogP contribution in [0, 0.1) is 5.92 Å². The fourth-order valence-electron chi connectivity index (χ4n) is 2.94. The first-order valence-electron chi connectivity index (χ1n) is 7.02. The molecule has 1 aromatic rings. The number of nitrogens with zero attached hydrogens (tertiary/aromatic N) is 3. The lowest BCUT2D eigenvalue weighted by atomic mass is 9.80. The molecule has 3 nitrogen and oxygen atoms in total. The summed E-state index contributed by atoms with van der Waals surface area (Å²) in [6.45, 7) is 2.80. The highest BCUT2D eigenvalue weighted by molar-refractivity contribution is 9.08. The van der Waals surface area contributed by atoms with E-state index in [1.54, 1.807) is 0 Å². The van der Waals surface area contributed by atoms with Crippen molar-refractivity contribution in [2.24, 2.45) is 5.92 Å². The van der Waals surface area contributed by atoms with E-state index in [9.17, 15) is 13.2 Å². The van der Waals surface area contributed by atoms with Crippen LogP contribution in [0.5, 0.6) is 0 Å². The first-order valence-corrected chi connectivity index (χ1v) is 8.14. The fraction of sp³-hybridized carbons (Fsp3) is 0.846. The molecule has 0 radical (unpaired) electrons. The van der Waals surface area contributed by atoms with Gasteiger partial charge in [0.25, 0.3) is 0 Å². The van der Waals surface area contributed by atoms with Gasteiger partial charge in [-0.1, -0.05) is 29.3 Å². The van der Waals surface area contributed by atoms with Gasteiger partial charge in [0.2, 0.25) is 0 Å². The van der Waals surface area contributed by atoms with Crippen LogP contribution >= 0.6 is 15.9 Å². The summed E-state index contributed by atoms with van der Waals surface area (Å²) in [5.41, 5.74) is 0. The summed E-state index contributed by atoms with van der Waals surface area (Å²) in [5, 5.41) is 8.84. The van der Waals surface area contributed by atoms with Gasteiger partial charge in [0, 0.05) is 12.5 Å². The standard InChI is InChI=1S/C13H19BrF3N3/c1-2-6-20-11(8-14)18-19-12(20)9-4-3-5-10(7-9)13(15,16)17/h9-10H,2-8H2,1H3. The van der Waals surface area contributed by atoms with E-state index in [0.717, 1.165) is 31.0 Å². The third kappa shape index (κ3) is 3.35. The Morgan fingerprint density at radius 3 is 2.65 bits per heavy atom. The van der Waals surface area contributed by atoms with Crippen LogP contribution in [-0.4, -0.2) is 20.9 Å². The molecular weight excluding hydrogens is 335 g/mol. The van der Waals surface area contributed by atoms with Crippen molar-refractivity contribution in [2.45, 2.75) is 63.0 Å². The largest absolute Gasteiger partial charge is 0.391 e. The van der Waals surface area contributed by atoms with Crippen LogP contribution in [0.3, 0.4) is 0 Å². The van der Waals surface area contributed by atoms with E-state index in [0.29, 0.717) is 11.8 Å². The number of aromatic nitrogens is 3. The maximum atomic E-state index is 12.9. The van der Waals surface area contributed by atoms with Gasteiger partial charge < -0.3 is 4.57 Å². The van der Waals surface area contributed by atoms with Gasteiger partial charge in [-0.2, -0.15) is 13.2 Å². The Bertz CT molecular complexity index is 445. The first-order chi connectivity index (χ1) is 9.47. The number of hydrogen-bond acceptors (Lipinski definition) is 2. The van der Waals surface area contributed by atoms with E-state index in [1.165, 1.54) is 0 Å². The van der Waals surface area contributed by atoms with Gasteiger partial charge in [-0.25, -0.2) is 0 Å². The SMILES string of the molecule is CCCn1c(CBr)nnc1C1CCCC(C(F)(F)F)C1. The second-order valence-corrected chi connectivity index (χ2v) is 5.92. The van der Waals surface area contributed by atoms with Crippen molar-refractivity contribution in [3.63, 3.8) is 0 Å². The fourth-order valence-corrected chi connectivity index (χ4v) is 3.35. The number of halogens is 4. The summed E-state index contributed by atoms with van der Waals surface area (Å²) in [4.78, 5) is 0. The highest BCUT2D eigenvalue weighted by Gasteiger charge is 2.43. The van der Waals surface area contributed by atoms with Crippen molar-refractivity contribution in [3.05, 3.63) is 11.6 Å². The predicted molar refractivity (Wildman–Crippen MR) is 73.7 cm³/mol. The van der Waals surface area contributed by atoms with Gasteiger partial charge in [-0.05, 0) is 25.7 Å². The lowest BCUT2D eigenvalue weighted by Gasteiger charge is -2.30. The van der Waals surface area contributed by atoms with E-state index in [-0.39, 0.29) is 18.8 Å². The van der Waals surface area contributed by atoms with Crippen LogP contribution in [0.4, 0.5) is 13.2 Å².